The third kappa shape index (κ3) is 6.06. The average molecular weight is 396 g/mol. The number of hydrogen-bond acceptors (Lipinski definition) is 4. The summed E-state index contributed by atoms with van der Waals surface area (Å²) in [6.07, 6.45) is 1.25. The van der Waals surface area contributed by atoms with E-state index < -0.39 is 0 Å². The first kappa shape index (κ1) is 20.9. The maximum absolute atomic E-state index is 13.0. The van der Waals surface area contributed by atoms with Crippen molar-refractivity contribution in [1.82, 2.24) is 9.80 Å². The molecule has 6 heteroatoms. The van der Waals surface area contributed by atoms with Gasteiger partial charge in [0.15, 0.2) is 11.6 Å². The Morgan fingerprint density at radius 1 is 0.759 bits per heavy atom. The summed E-state index contributed by atoms with van der Waals surface area (Å²) in [4.78, 5) is 40.6. The number of Topliss-reactive ketones (excluding diaryl/α,β-unsaturated/α-hetero) is 2. The van der Waals surface area contributed by atoms with Crippen molar-refractivity contribution in [2.45, 2.75) is 19.3 Å². The van der Waals surface area contributed by atoms with Gasteiger partial charge in [0.2, 0.25) is 5.91 Å². The molecule has 1 aliphatic rings. The van der Waals surface area contributed by atoms with Crippen molar-refractivity contribution in [2.75, 3.05) is 32.7 Å². The highest BCUT2D eigenvalue weighted by Crippen LogP contribution is 2.11. The zero-order valence-electron chi connectivity index (χ0n) is 16.4. The van der Waals surface area contributed by atoms with Crippen LogP contribution in [0.4, 0.5) is 4.39 Å². The molecular weight excluding hydrogens is 371 g/mol. The number of nitrogens with zero attached hydrogens (tertiary/aromatic N) is 2. The van der Waals surface area contributed by atoms with Gasteiger partial charge in [0.25, 0.3) is 0 Å². The summed E-state index contributed by atoms with van der Waals surface area (Å²) in [5.74, 6) is -0.304. The van der Waals surface area contributed by atoms with Crippen LogP contribution in [0.2, 0.25) is 0 Å². The summed E-state index contributed by atoms with van der Waals surface area (Å²) in [6.45, 7) is 2.66. The van der Waals surface area contributed by atoms with Crippen molar-refractivity contribution in [3.63, 3.8) is 0 Å². The van der Waals surface area contributed by atoms with Crippen molar-refractivity contribution in [2.24, 2.45) is 0 Å². The van der Waals surface area contributed by atoms with Gasteiger partial charge in [-0.3, -0.25) is 19.3 Å². The van der Waals surface area contributed by atoms with E-state index >= 15 is 0 Å². The molecule has 0 atom stereocenters. The van der Waals surface area contributed by atoms with E-state index in [1.54, 1.807) is 17.0 Å². The molecule has 1 amide bonds. The molecule has 1 fully saturated rings. The highest BCUT2D eigenvalue weighted by molar-refractivity contribution is 5.97. The Kier molecular flexibility index (Phi) is 7.25. The van der Waals surface area contributed by atoms with Gasteiger partial charge in [-0.2, -0.15) is 0 Å². The Labute approximate surface area is 170 Å². The summed E-state index contributed by atoms with van der Waals surface area (Å²) < 4.78 is 13.0. The topological polar surface area (TPSA) is 57.7 Å². The molecule has 29 heavy (non-hydrogen) atoms. The highest BCUT2D eigenvalue weighted by Gasteiger charge is 2.22. The molecule has 152 valence electrons. The number of rotatable bonds is 8. The summed E-state index contributed by atoms with van der Waals surface area (Å²) in [5.41, 5.74) is 1.17. The van der Waals surface area contributed by atoms with Crippen LogP contribution in [0.1, 0.15) is 40.0 Å². The van der Waals surface area contributed by atoms with E-state index in [1.165, 1.54) is 24.3 Å². The first-order valence-electron chi connectivity index (χ1n) is 9.90. The summed E-state index contributed by atoms with van der Waals surface area (Å²) in [6, 6.07) is 14.7. The largest absolute Gasteiger partial charge is 0.340 e. The molecule has 1 saturated heterocycles. The number of carbonyl (C=O) groups is 3. The Morgan fingerprint density at radius 3 is 2.03 bits per heavy atom. The van der Waals surface area contributed by atoms with Crippen LogP contribution in [0.25, 0.3) is 0 Å². The van der Waals surface area contributed by atoms with E-state index in [0.29, 0.717) is 56.6 Å². The molecule has 0 unspecified atom stereocenters. The van der Waals surface area contributed by atoms with Crippen molar-refractivity contribution in [3.8, 4) is 0 Å². The van der Waals surface area contributed by atoms with Gasteiger partial charge in [-0.05, 0) is 30.7 Å². The van der Waals surface area contributed by atoms with Gasteiger partial charge in [0.1, 0.15) is 5.82 Å². The highest BCUT2D eigenvalue weighted by atomic mass is 19.1. The number of ketones is 2. The first-order chi connectivity index (χ1) is 14.0. The third-order valence-electron chi connectivity index (χ3n) is 5.15. The van der Waals surface area contributed by atoms with Gasteiger partial charge in [-0.25, -0.2) is 4.39 Å². The maximum atomic E-state index is 13.0. The SMILES string of the molecule is O=C(CCCC(=O)N1CCN(CC(=O)c2ccc(F)cc2)CC1)c1ccccc1. The van der Waals surface area contributed by atoms with Crippen LogP contribution in [0.3, 0.4) is 0 Å². The number of halogens is 1. The molecule has 0 radical (unpaired) electrons. The quantitative estimate of drug-likeness (QED) is 0.643. The van der Waals surface area contributed by atoms with Crippen LogP contribution in [0, 0.1) is 5.82 Å². The van der Waals surface area contributed by atoms with Gasteiger partial charge in [-0.15, -0.1) is 0 Å². The van der Waals surface area contributed by atoms with E-state index in [1.807, 2.05) is 23.1 Å². The summed E-state index contributed by atoms with van der Waals surface area (Å²) >= 11 is 0. The fourth-order valence-corrected chi connectivity index (χ4v) is 3.41. The van der Waals surface area contributed by atoms with Gasteiger partial charge >= 0.3 is 0 Å². The van der Waals surface area contributed by atoms with E-state index in [9.17, 15) is 18.8 Å². The second-order valence-electron chi connectivity index (χ2n) is 7.23. The lowest BCUT2D eigenvalue weighted by Gasteiger charge is -2.34. The number of amides is 1. The Morgan fingerprint density at radius 2 is 1.38 bits per heavy atom. The monoisotopic (exact) mass is 396 g/mol. The molecule has 2 aromatic rings. The minimum atomic E-state index is -0.362. The molecule has 3 rings (SSSR count). The van der Waals surface area contributed by atoms with E-state index in [-0.39, 0.29) is 29.8 Å². The number of carbonyl (C=O) groups excluding carboxylic acids is 3. The van der Waals surface area contributed by atoms with Gasteiger partial charge in [0.05, 0.1) is 6.54 Å². The predicted octanol–water partition coefficient (Wildman–Crippen LogP) is 3.21. The van der Waals surface area contributed by atoms with Crippen molar-refractivity contribution < 1.29 is 18.8 Å². The lowest BCUT2D eigenvalue weighted by molar-refractivity contribution is -0.132. The van der Waals surface area contributed by atoms with Crippen LogP contribution < -0.4 is 0 Å². The molecule has 1 aliphatic heterocycles. The van der Waals surface area contributed by atoms with Crippen LogP contribution in [0.5, 0.6) is 0 Å². The second-order valence-corrected chi connectivity index (χ2v) is 7.23. The minimum Gasteiger partial charge on any atom is -0.340 e. The molecule has 0 N–H and O–H groups in total. The first-order valence-corrected chi connectivity index (χ1v) is 9.90. The van der Waals surface area contributed by atoms with Crippen LogP contribution in [-0.4, -0.2) is 60.0 Å². The summed E-state index contributed by atoms with van der Waals surface area (Å²) in [5, 5.41) is 0. The maximum Gasteiger partial charge on any atom is 0.222 e. The molecule has 0 aromatic heterocycles. The normalized spacial score (nSPS) is 14.6. The van der Waals surface area contributed by atoms with Crippen molar-refractivity contribution >= 4 is 17.5 Å². The molecule has 2 aromatic carbocycles. The number of piperazine rings is 1. The lowest BCUT2D eigenvalue weighted by atomic mass is 10.1. The molecule has 1 heterocycles. The third-order valence-corrected chi connectivity index (χ3v) is 5.15. The smallest absolute Gasteiger partial charge is 0.222 e. The van der Waals surface area contributed by atoms with E-state index in [0.717, 1.165) is 0 Å². The van der Waals surface area contributed by atoms with Crippen LogP contribution in [-0.2, 0) is 4.79 Å². The fraction of sp³-hybridized carbons (Fsp3) is 0.348. The molecule has 0 bridgehead atoms. The second kappa shape index (κ2) is 10.1. The zero-order chi connectivity index (χ0) is 20.6. The van der Waals surface area contributed by atoms with Crippen LogP contribution >= 0.6 is 0 Å². The Hall–Kier alpha value is -2.86. The van der Waals surface area contributed by atoms with E-state index in [4.69, 9.17) is 0 Å². The Bertz CT molecular complexity index is 844. The van der Waals surface area contributed by atoms with Crippen molar-refractivity contribution in [1.29, 1.82) is 0 Å². The minimum absolute atomic E-state index is 0.0513. The Balaban J connectivity index is 1.37. The molecule has 0 spiro atoms. The zero-order valence-corrected chi connectivity index (χ0v) is 16.4. The van der Waals surface area contributed by atoms with Crippen molar-refractivity contribution in [3.05, 3.63) is 71.5 Å². The molecule has 0 aliphatic carbocycles. The fourth-order valence-electron chi connectivity index (χ4n) is 3.41. The lowest BCUT2D eigenvalue weighted by Crippen LogP contribution is -2.49. The van der Waals surface area contributed by atoms with E-state index in [2.05, 4.69) is 0 Å². The van der Waals surface area contributed by atoms with Gasteiger partial charge in [0, 0.05) is 50.1 Å². The summed E-state index contributed by atoms with van der Waals surface area (Å²) in [7, 11) is 0. The predicted molar refractivity (Wildman–Crippen MR) is 108 cm³/mol. The molecule has 0 saturated carbocycles. The number of benzene rings is 2. The van der Waals surface area contributed by atoms with Gasteiger partial charge in [-0.1, -0.05) is 30.3 Å². The van der Waals surface area contributed by atoms with Gasteiger partial charge < -0.3 is 4.90 Å². The molecule has 5 nitrogen and oxygen atoms in total. The standard InChI is InChI=1S/C23H25FN2O3/c24-20-11-9-19(10-12-20)22(28)17-25-13-15-26(16-14-25)23(29)8-4-7-21(27)18-5-2-1-3-6-18/h1-3,5-6,9-12H,4,7-8,13-17H2. The number of hydrogen-bond donors (Lipinski definition) is 0. The average Bonchev–Trinajstić information content (AvgIpc) is 2.75. The van der Waals surface area contributed by atoms with Crippen LogP contribution in [0.15, 0.2) is 54.6 Å². The molecular formula is C23H25FN2O3.